The van der Waals surface area contributed by atoms with E-state index in [1.807, 2.05) is 0 Å². The summed E-state index contributed by atoms with van der Waals surface area (Å²) in [5.41, 5.74) is 5.35. The maximum atomic E-state index is 12.6. The molecule has 0 rings (SSSR count). The summed E-state index contributed by atoms with van der Waals surface area (Å²) >= 11 is 0. The number of hydrogen-bond donors (Lipinski definition) is 2. The molecule has 0 amide bonds. The van der Waals surface area contributed by atoms with Crippen molar-refractivity contribution in [3.05, 3.63) is 134 Å². The van der Waals surface area contributed by atoms with Gasteiger partial charge >= 0.3 is 19.8 Å². The molecule has 0 aliphatic carbocycles. The lowest BCUT2D eigenvalue weighted by Crippen LogP contribution is -2.29. The van der Waals surface area contributed by atoms with E-state index >= 15 is 0 Å². The molecule has 2 unspecified atom stereocenters. The van der Waals surface area contributed by atoms with Gasteiger partial charge in [-0.25, -0.2) is 4.57 Å². The Morgan fingerprint density at radius 2 is 0.821 bits per heavy atom. The molecule has 0 heterocycles. The summed E-state index contributed by atoms with van der Waals surface area (Å²) < 4.78 is 32.8. The summed E-state index contributed by atoms with van der Waals surface area (Å²) in [6, 6.07) is 0. The summed E-state index contributed by atoms with van der Waals surface area (Å²) in [5, 5.41) is 0. The summed E-state index contributed by atoms with van der Waals surface area (Å²) in [7, 11) is -4.40. The predicted molar refractivity (Wildman–Crippen MR) is 284 cm³/mol. The molecule has 10 heteroatoms. The van der Waals surface area contributed by atoms with Crippen molar-refractivity contribution >= 4 is 19.8 Å². The van der Waals surface area contributed by atoms with Gasteiger partial charge in [0.25, 0.3) is 0 Å². The van der Waals surface area contributed by atoms with Gasteiger partial charge < -0.3 is 20.1 Å². The number of carbonyl (C=O) groups is 2. The standard InChI is InChI=1S/C57H92NO8P/c1-3-5-7-9-11-13-15-17-18-19-20-21-22-23-24-25-26-27-28-29-30-31-32-33-34-35-36-38-40-42-44-46-48-50-57(60)66-55(54-65-67(61,62)64-52-51-58)53-63-56(59)49-47-45-43-41-39-37-16-14-12-10-8-6-4-2/h5,7,11,13-14,16-18,20-21,23-24,26-27,29-30,32-33,35-36,40,42,55H,3-4,6,8-10,12,15,19,22,25,28,31,34,37-39,41,43-54,58H2,1-2H3,(H,61,62)/b7-5-,13-11-,16-14-,18-17-,21-20-,24-23-,27-26-,30-29-,33-32-,36-35-,42-40-. The number of esters is 2. The van der Waals surface area contributed by atoms with Gasteiger partial charge in [0.1, 0.15) is 6.61 Å². The molecule has 2 atom stereocenters. The van der Waals surface area contributed by atoms with Crippen molar-refractivity contribution in [3.63, 3.8) is 0 Å². The van der Waals surface area contributed by atoms with Crippen LogP contribution in [0.2, 0.25) is 0 Å². The molecule has 0 saturated carbocycles. The van der Waals surface area contributed by atoms with E-state index in [0.717, 1.165) is 109 Å². The average Bonchev–Trinajstić information content (AvgIpc) is 3.32. The molecule has 3 N–H and O–H groups in total. The second kappa shape index (κ2) is 51.5. The van der Waals surface area contributed by atoms with Crippen LogP contribution in [0, 0.1) is 0 Å². The fourth-order valence-corrected chi connectivity index (χ4v) is 7.01. The van der Waals surface area contributed by atoms with Crippen LogP contribution >= 0.6 is 7.82 Å². The van der Waals surface area contributed by atoms with Crippen LogP contribution in [0.1, 0.15) is 181 Å². The quantitative estimate of drug-likeness (QED) is 0.0265. The maximum Gasteiger partial charge on any atom is 0.472 e. The van der Waals surface area contributed by atoms with Gasteiger partial charge in [0, 0.05) is 19.4 Å². The van der Waals surface area contributed by atoms with Gasteiger partial charge in [0.15, 0.2) is 6.10 Å². The Balaban J connectivity index is 4.17. The summed E-state index contributed by atoms with van der Waals surface area (Å²) in [6.45, 7) is 3.52. The number of allylic oxidation sites excluding steroid dienone is 22. The van der Waals surface area contributed by atoms with Crippen LogP contribution in [0.15, 0.2) is 134 Å². The molecule has 0 saturated heterocycles. The van der Waals surface area contributed by atoms with Crippen LogP contribution in [0.5, 0.6) is 0 Å². The van der Waals surface area contributed by atoms with E-state index in [1.165, 1.54) is 32.1 Å². The molecule has 0 fully saturated rings. The predicted octanol–water partition coefficient (Wildman–Crippen LogP) is 15.8. The van der Waals surface area contributed by atoms with Crippen LogP contribution in [-0.2, 0) is 32.7 Å². The minimum atomic E-state index is -4.40. The molecule has 0 spiro atoms. The van der Waals surface area contributed by atoms with E-state index in [2.05, 4.69) is 148 Å². The van der Waals surface area contributed by atoms with Crippen molar-refractivity contribution < 1.29 is 37.6 Å². The maximum absolute atomic E-state index is 12.6. The van der Waals surface area contributed by atoms with Crippen LogP contribution in [0.25, 0.3) is 0 Å². The molecule has 0 aromatic heterocycles. The number of phosphoric acid groups is 1. The van der Waals surface area contributed by atoms with Crippen LogP contribution < -0.4 is 5.73 Å². The summed E-state index contributed by atoms with van der Waals surface area (Å²) in [4.78, 5) is 35.0. The van der Waals surface area contributed by atoms with Crippen molar-refractivity contribution in [1.82, 2.24) is 0 Å². The Labute approximate surface area is 408 Å². The molecule has 9 nitrogen and oxygen atoms in total. The van der Waals surface area contributed by atoms with Crippen molar-refractivity contribution in [1.29, 1.82) is 0 Å². The lowest BCUT2D eigenvalue weighted by Gasteiger charge is -2.19. The molecule has 0 aliphatic rings. The van der Waals surface area contributed by atoms with Crippen LogP contribution in [0.3, 0.4) is 0 Å². The second-order valence-electron chi connectivity index (χ2n) is 16.3. The Hall–Kier alpha value is -3.85. The lowest BCUT2D eigenvalue weighted by molar-refractivity contribution is -0.161. The molecular weight excluding hydrogens is 858 g/mol. The Morgan fingerprint density at radius 3 is 1.27 bits per heavy atom. The van der Waals surface area contributed by atoms with Gasteiger partial charge in [-0.05, 0) is 116 Å². The number of unbranched alkanes of at least 4 members (excludes halogenated alkanes) is 11. The highest BCUT2D eigenvalue weighted by atomic mass is 31.2. The number of ether oxygens (including phenoxy) is 2. The van der Waals surface area contributed by atoms with Crippen molar-refractivity contribution in [2.45, 2.75) is 187 Å². The first-order valence-electron chi connectivity index (χ1n) is 25.7. The minimum absolute atomic E-state index is 0.0377. The number of rotatable bonds is 46. The third kappa shape index (κ3) is 51.4. The zero-order valence-electron chi connectivity index (χ0n) is 41.8. The summed E-state index contributed by atoms with van der Waals surface area (Å²) in [5.74, 6) is -0.903. The van der Waals surface area contributed by atoms with E-state index in [9.17, 15) is 19.0 Å². The van der Waals surface area contributed by atoms with Gasteiger partial charge in [-0.2, -0.15) is 0 Å². The largest absolute Gasteiger partial charge is 0.472 e. The highest BCUT2D eigenvalue weighted by Gasteiger charge is 2.26. The Bertz CT molecular complexity index is 1550. The second-order valence-corrected chi connectivity index (χ2v) is 17.8. The number of carbonyl (C=O) groups excluding carboxylic acids is 2. The average molecular weight is 950 g/mol. The molecule has 378 valence electrons. The van der Waals surface area contributed by atoms with Gasteiger partial charge in [0.2, 0.25) is 0 Å². The fourth-order valence-electron chi connectivity index (χ4n) is 6.24. The highest BCUT2D eigenvalue weighted by Crippen LogP contribution is 2.43. The highest BCUT2D eigenvalue weighted by molar-refractivity contribution is 7.47. The van der Waals surface area contributed by atoms with E-state index in [4.69, 9.17) is 24.3 Å². The Morgan fingerprint density at radius 1 is 0.463 bits per heavy atom. The van der Waals surface area contributed by atoms with Crippen molar-refractivity contribution in [3.8, 4) is 0 Å². The first-order valence-corrected chi connectivity index (χ1v) is 27.2. The Kier molecular flexibility index (Phi) is 48.6. The number of nitrogens with two attached hydrogens (primary N) is 1. The number of phosphoric ester groups is 1. The van der Waals surface area contributed by atoms with E-state index < -0.39 is 32.5 Å². The zero-order valence-corrected chi connectivity index (χ0v) is 42.7. The SMILES string of the molecule is CC/C=C\C/C=C\C/C=C\C/C=C\C/C=C\C/C=C\C/C=C\C/C=C\C/C=C\C/C=C\CCCCC(=O)OC(COC(=O)CCCCCCC/C=C\CCCCCC)COP(=O)(O)OCCN. The zero-order chi connectivity index (χ0) is 48.8. The number of hydrogen-bond acceptors (Lipinski definition) is 8. The first kappa shape index (κ1) is 63.1. The normalized spacial score (nSPS) is 14.3. The van der Waals surface area contributed by atoms with Gasteiger partial charge in [-0.3, -0.25) is 18.6 Å². The monoisotopic (exact) mass is 950 g/mol. The van der Waals surface area contributed by atoms with Gasteiger partial charge in [0.05, 0.1) is 13.2 Å². The molecule has 67 heavy (non-hydrogen) atoms. The topological polar surface area (TPSA) is 134 Å². The van der Waals surface area contributed by atoms with Crippen molar-refractivity contribution in [2.24, 2.45) is 5.73 Å². The van der Waals surface area contributed by atoms with Gasteiger partial charge in [-0.15, -0.1) is 0 Å². The van der Waals surface area contributed by atoms with E-state index in [1.54, 1.807) is 0 Å². The first-order chi connectivity index (χ1) is 32.8. The molecule has 0 aromatic rings. The van der Waals surface area contributed by atoms with Crippen LogP contribution in [-0.4, -0.2) is 49.3 Å². The van der Waals surface area contributed by atoms with E-state index in [-0.39, 0.29) is 32.6 Å². The lowest BCUT2D eigenvalue weighted by atomic mass is 10.1. The molecule has 0 aliphatic heterocycles. The van der Waals surface area contributed by atoms with Crippen molar-refractivity contribution in [2.75, 3.05) is 26.4 Å². The van der Waals surface area contributed by atoms with Crippen LogP contribution in [0.4, 0.5) is 0 Å². The third-order valence-corrected chi connectivity index (χ3v) is 11.0. The molecule has 0 aromatic carbocycles. The molecule has 0 bridgehead atoms. The minimum Gasteiger partial charge on any atom is -0.462 e. The smallest absolute Gasteiger partial charge is 0.462 e. The third-order valence-electron chi connectivity index (χ3n) is 10.0. The fraction of sp³-hybridized carbons (Fsp3) is 0.579. The summed E-state index contributed by atoms with van der Waals surface area (Å²) in [6.07, 6.45) is 72.2. The van der Waals surface area contributed by atoms with E-state index in [0.29, 0.717) is 12.8 Å². The molecule has 0 radical (unpaired) electrons. The molecular formula is C57H92NO8P. The van der Waals surface area contributed by atoms with Gasteiger partial charge in [-0.1, -0.05) is 186 Å².